The molecule has 1 aliphatic carbocycles. The number of benzene rings is 2. The van der Waals surface area contributed by atoms with Gasteiger partial charge in [-0.25, -0.2) is 13.1 Å². The molecule has 3 rings (SSSR count). The van der Waals surface area contributed by atoms with Crippen molar-refractivity contribution in [3.05, 3.63) is 70.8 Å². The summed E-state index contributed by atoms with van der Waals surface area (Å²) in [5, 5.41) is 10.7. The van der Waals surface area contributed by atoms with Gasteiger partial charge in [-0.15, -0.1) is 0 Å². The first-order chi connectivity index (χ1) is 12.1. The minimum absolute atomic E-state index is 0.174. The van der Waals surface area contributed by atoms with E-state index in [4.69, 9.17) is 0 Å². The molecular formula is C18H18F3NO3S. The van der Waals surface area contributed by atoms with Crippen LogP contribution in [0.1, 0.15) is 28.7 Å². The SMILES string of the molecule is O=S(=O)(Cc1ccc(C(F)(F)F)cc1)NC[C@@]1(O)CCc2ccccc21. The van der Waals surface area contributed by atoms with Gasteiger partial charge in [0.25, 0.3) is 0 Å². The molecule has 0 bridgehead atoms. The predicted molar refractivity (Wildman–Crippen MR) is 90.7 cm³/mol. The highest BCUT2D eigenvalue weighted by Crippen LogP contribution is 2.36. The lowest BCUT2D eigenvalue weighted by molar-refractivity contribution is -0.137. The first-order valence-corrected chi connectivity index (χ1v) is 9.69. The van der Waals surface area contributed by atoms with Gasteiger partial charge in [0.15, 0.2) is 0 Å². The Labute approximate surface area is 149 Å². The third-order valence-electron chi connectivity index (χ3n) is 4.55. The van der Waals surface area contributed by atoms with Crippen molar-refractivity contribution in [2.45, 2.75) is 30.4 Å². The van der Waals surface area contributed by atoms with Gasteiger partial charge in [-0.2, -0.15) is 13.2 Å². The van der Waals surface area contributed by atoms with E-state index in [-0.39, 0.29) is 12.1 Å². The Kier molecular flexibility index (Phi) is 4.85. The van der Waals surface area contributed by atoms with Crippen molar-refractivity contribution < 1.29 is 26.7 Å². The van der Waals surface area contributed by atoms with Gasteiger partial charge in [0.1, 0.15) is 5.60 Å². The van der Waals surface area contributed by atoms with E-state index >= 15 is 0 Å². The standard InChI is InChI=1S/C18H18F3NO3S/c19-18(20,21)15-7-5-13(6-8-15)11-26(24,25)22-12-17(23)10-9-14-3-1-2-4-16(14)17/h1-8,22-23H,9-12H2/t17-/m0/s1. The number of halogens is 3. The summed E-state index contributed by atoms with van der Waals surface area (Å²) >= 11 is 0. The molecule has 8 heteroatoms. The molecule has 1 atom stereocenters. The van der Waals surface area contributed by atoms with E-state index in [2.05, 4.69) is 4.72 Å². The van der Waals surface area contributed by atoms with Crippen LogP contribution in [0.2, 0.25) is 0 Å². The van der Waals surface area contributed by atoms with Crippen molar-refractivity contribution in [3.63, 3.8) is 0 Å². The number of hydrogen-bond donors (Lipinski definition) is 2. The Balaban J connectivity index is 1.67. The summed E-state index contributed by atoms with van der Waals surface area (Å²) in [6, 6.07) is 11.3. The Bertz CT molecular complexity index is 895. The van der Waals surface area contributed by atoms with Crippen molar-refractivity contribution in [2.75, 3.05) is 6.54 Å². The Hall–Kier alpha value is -1.90. The molecule has 2 N–H and O–H groups in total. The molecular weight excluding hydrogens is 367 g/mol. The average Bonchev–Trinajstić information content (AvgIpc) is 2.91. The van der Waals surface area contributed by atoms with Crippen LogP contribution in [-0.4, -0.2) is 20.1 Å². The predicted octanol–water partition coefficient (Wildman–Crippen LogP) is 2.96. The average molecular weight is 385 g/mol. The number of rotatable bonds is 5. The van der Waals surface area contributed by atoms with Gasteiger partial charge in [-0.1, -0.05) is 36.4 Å². The van der Waals surface area contributed by atoms with Crippen LogP contribution >= 0.6 is 0 Å². The number of fused-ring (bicyclic) bond motifs is 1. The van der Waals surface area contributed by atoms with Crippen LogP contribution in [0.5, 0.6) is 0 Å². The molecule has 0 radical (unpaired) electrons. The summed E-state index contributed by atoms with van der Waals surface area (Å²) < 4.78 is 64.5. The Morgan fingerprint density at radius 2 is 1.73 bits per heavy atom. The Morgan fingerprint density at radius 3 is 2.38 bits per heavy atom. The summed E-state index contributed by atoms with van der Waals surface area (Å²) in [5.41, 5.74) is -0.175. The monoisotopic (exact) mass is 385 g/mol. The molecule has 0 heterocycles. The number of aryl methyl sites for hydroxylation is 1. The maximum atomic E-state index is 12.6. The topological polar surface area (TPSA) is 66.4 Å². The normalized spacial score (nSPS) is 20.2. The third kappa shape index (κ3) is 4.08. The van der Waals surface area contributed by atoms with E-state index in [1.807, 2.05) is 12.1 Å². The molecule has 2 aromatic carbocycles. The highest BCUT2D eigenvalue weighted by molar-refractivity contribution is 7.88. The third-order valence-corrected chi connectivity index (χ3v) is 5.85. The zero-order valence-electron chi connectivity index (χ0n) is 13.8. The van der Waals surface area contributed by atoms with Crippen molar-refractivity contribution in [2.24, 2.45) is 0 Å². The lowest BCUT2D eigenvalue weighted by atomic mass is 9.96. The van der Waals surface area contributed by atoms with E-state index in [0.29, 0.717) is 18.4 Å². The minimum Gasteiger partial charge on any atom is -0.384 e. The second kappa shape index (κ2) is 6.68. The van der Waals surface area contributed by atoms with E-state index in [1.54, 1.807) is 12.1 Å². The van der Waals surface area contributed by atoms with E-state index in [9.17, 15) is 26.7 Å². The second-order valence-electron chi connectivity index (χ2n) is 6.46. The van der Waals surface area contributed by atoms with Crippen LogP contribution in [0.3, 0.4) is 0 Å². The molecule has 1 aliphatic rings. The quantitative estimate of drug-likeness (QED) is 0.832. The van der Waals surface area contributed by atoms with Crippen LogP contribution in [-0.2, 0) is 34.0 Å². The number of hydrogen-bond acceptors (Lipinski definition) is 3. The molecule has 4 nitrogen and oxygen atoms in total. The van der Waals surface area contributed by atoms with Crippen LogP contribution in [0.15, 0.2) is 48.5 Å². The van der Waals surface area contributed by atoms with Crippen molar-refractivity contribution in [1.82, 2.24) is 4.72 Å². The van der Waals surface area contributed by atoms with Gasteiger partial charge in [-0.3, -0.25) is 0 Å². The Morgan fingerprint density at radius 1 is 1.08 bits per heavy atom. The highest BCUT2D eigenvalue weighted by atomic mass is 32.2. The van der Waals surface area contributed by atoms with Crippen LogP contribution < -0.4 is 4.72 Å². The van der Waals surface area contributed by atoms with Crippen LogP contribution in [0.25, 0.3) is 0 Å². The lowest BCUT2D eigenvalue weighted by Gasteiger charge is -2.24. The smallest absolute Gasteiger partial charge is 0.384 e. The van der Waals surface area contributed by atoms with Crippen LogP contribution in [0.4, 0.5) is 13.2 Å². The number of sulfonamides is 1. The van der Waals surface area contributed by atoms with Gasteiger partial charge in [0.05, 0.1) is 11.3 Å². The number of alkyl halides is 3. The van der Waals surface area contributed by atoms with E-state index in [0.717, 1.165) is 29.8 Å². The fourth-order valence-electron chi connectivity index (χ4n) is 3.14. The first-order valence-electron chi connectivity index (χ1n) is 8.03. The van der Waals surface area contributed by atoms with Crippen molar-refractivity contribution in [1.29, 1.82) is 0 Å². The second-order valence-corrected chi connectivity index (χ2v) is 8.27. The molecule has 0 fully saturated rings. The molecule has 0 aliphatic heterocycles. The fourth-order valence-corrected chi connectivity index (χ4v) is 4.33. The summed E-state index contributed by atoms with van der Waals surface area (Å²) in [4.78, 5) is 0. The van der Waals surface area contributed by atoms with Crippen LogP contribution in [0, 0.1) is 0 Å². The maximum absolute atomic E-state index is 12.6. The van der Waals surface area contributed by atoms with E-state index < -0.39 is 33.1 Å². The lowest BCUT2D eigenvalue weighted by Crippen LogP contribution is -2.39. The zero-order valence-corrected chi connectivity index (χ0v) is 14.6. The number of aliphatic hydroxyl groups is 1. The largest absolute Gasteiger partial charge is 0.416 e. The summed E-state index contributed by atoms with van der Waals surface area (Å²) in [6.45, 7) is -0.174. The maximum Gasteiger partial charge on any atom is 0.416 e. The molecule has 0 amide bonds. The molecule has 2 aromatic rings. The zero-order chi connectivity index (χ0) is 19.0. The van der Waals surface area contributed by atoms with Gasteiger partial charge < -0.3 is 5.11 Å². The van der Waals surface area contributed by atoms with Crippen molar-refractivity contribution >= 4 is 10.0 Å². The van der Waals surface area contributed by atoms with Gasteiger partial charge in [0, 0.05) is 6.54 Å². The highest BCUT2D eigenvalue weighted by Gasteiger charge is 2.37. The first kappa shape index (κ1) is 18.9. The summed E-state index contributed by atoms with van der Waals surface area (Å²) in [6.07, 6.45) is -3.39. The van der Waals surface area contributed by atoms with Crippen molar-refractivity contribution in [3.8, 4) is 0 Å². The minimum atomic E-state index is -4.46. The fraction of sp³-hybridized carbons (Fsp3) is 0.333. The molecule has 0 aromatic heterocycles. The van der Waals surface area contributed by atoms with Gasteiger partial charge >= 0.3 is 6.18 Å². The molecule has 0 saturated heterocycles. The molecule has 140 valence electrons. The molecule has 0 spiro atoms. The van der Waals surface area contributed by atoms with Gasteiger partial charge in [-0.05, 0) is 41.7 Å². The molecule has 26 heavy (non-hydrogen) atoms. The van der Waals surface area contributed by atoms with E-state index in [1.165, 1.54) is 0 Å². The number of nitrogens with one attached hydrogen (secondary N) is 1. The summed E-state index contributed by atoms with van der Waals surface area (Å²) in [7, 11) is -3.80. The molecule has 0 unspecified atom stereocenters. The molecule has 0 saturated carbocycles. The summed E-state index contributed by atoms with van der Waals surface area (Å²) in [5.74, 6) is -0.455. The van der Waals surface area contributed by atoms with Gasteiger partial charge in [0.2, 0.25) is 10.0 Å².